The quantitative estimate of drug-likeness (QED) is 0.179. The lowest BCUT2D eigenvalue weighted by molar-refractivity contribution is 0.669. The van der Waals surface area contributed by atoms with Crippen molar-refractivity contribution in [3.8, 4) is 56.4 Å². The summed E-state index contributed by atoms with van der Waals surface area (Å²) in [5.41, 5.74) is 8.95. The number of fused-ring (bicyclic) bond motifs is 6. The van der Waals surface area contributed by atoms with E-state index in [1.807, 2.05) is 24.3 Å². The van der Waals surface area contributed by atoms with Crippen molar-refractivity contribution in [1.82, 2.24) is 15.0 Å². The van der Waals surface area contributed by atoms with E-state index in [-0.39, 0.29) is 0 Å². The molecule has 0 bridgehead atoms. The molecule has 4 nitrogen and oxygen atoms in total. The van der Waals surface area contributed by atoms with Crippen LogP contribution in [0.25, 0.3) is 111 Å². The maximum absolute atomic E-state index is 6.50. The SMILES string of the molecule is c1ccc2c(-c3ccc(-c4nc(-c5ccc(-c6cccc7ccccc67)c6ccccc56)nc(-c5cccc6c5oc5ccccc56)n4)cc3)cccc2c1. The van der Waals surface area contributed by atoms with E-state index >= 15 is 0 Å². The van der Waals surface area contributed by atoms with Gasteiger partial charge in [-0.15, -0.1) is 0 Å². The third-order valence-corrected chi connectivity index (χ3v) is 10.8. The first-order valence-corrected chi connectivity index (χ1v) is 18.5. The number of furan rings is 1. The van der Waals surface area contributed by atoms with Crippen LogP contribution in [0.4, 0.5) is 0 Å². The van der Waals surface area contributed by atoms with E-state index < -0.39 is 0 Å². The van der Waals surface area contributed by atoms with Crippen molar-refractivity contribution < 1.29 is 4.42 Å². The molecule has 0 aliphatic heterocycles. The van der Waals surface area contributed by atoms with Crippen LogP contribution in [0.1, 0.15) is 0 Å². The molecule has 2 aromatic heterocycles. The summed E-state index contributed by atoms with van der Waals surface area (Å²) < 4.78 is 6.50. The molecule has 55 heavy (non-hydrogen) atoms. The Hall–Kier alpha value is -7.43. The molecule has 0 aliphatic rings. The molecule has 0 saturated carbocycles. The van der Waals surface area contributed by atoms with E-state index in [1.54, 1.807) is 0 Å². The maximum Gasteiger partial charge on any atom is 0.167 e. The zero-order valence-corrected chi connectivity index (χ0v) is 29.6. The normalized spacial score (nSPS) is 11.6. The van der Waals surface area contributed by atoms with Gasteiger partial charge in [0.05, 0.1) is 5.56 Å². The van der Waals surface area contributed by atoms with Crippen LogP contribution in [0.5, 0.6) is 0 Å². The molecule has 11 rings (SSSR count). The molecule has 0 saturated heterocycles. The molecule has 0 aliphatic carbocycles. The Morgan fingerprint density at radius 1 is 0.273 bits per heavy atom. The monoisotopic (exact) mass is 701 g/mol. The number of nitrogens with zero attached hydrogens (tertiary/aromatic N) is 3. The summed E-state index contributed by atoms with van der Waals surface area (Å²) in [6.07, 6.45) is 0. The van der Waals surface area contributed by atoms with E-state index in [0.29, 0.717) is 17.5 Å². The number of rotatable bonds is 5. The van der Waals surface area contributed by atoms with Crippen LogP contribution in [-0.2, 0) is 0 Å². The van der Waals surface area contributed by atoms with Gasteiger partial charge >= 0.3 is 0 Å². The van der Waals surface area contributed by atoms with Gasteiger partial charge in [-0.2, -0.15) is 0 Å². The van der Waals surface area contributed by atoms with E-state index in [4.69, 9.17) is 19.4 Å². The van der Waals surface area contributed by atoms with Gasteiger partial charge < -0.3 is 4.42 Å². The van der Waals surface area contributed by atoms with Crippen molar-refractivity contribution in [1.29, 1.82) is 0 Å². The second-order valence-electron chi connectivity index (χ2n) is 13.9. The van der Waals surface area contributed by atoms with E-state index in [0.717, 1.165) is 55.0 Å². The minimum atomic E-state index is 0.560. The molecule has 11 aromatic rings. The van der Waals surface area contributed by atoms with Crippen molar-refractivity contribution in [2.24, 2.45) is 0 Å². The highest BCUT2D eigenvalue weighted by molar-refractivity contribution is 6.10. The maximum atomic E-state index is 6.50. The van der Waals surface area contributed by atoms with Crippen LogP contribution in [0, 0.1) is 0 Å². The summed E-state index contributed by atoms with van der Waals surface area (Å²) in [4.78, 5) is 15.6. The van der Waals surface area contributed by atoms with Crippen molar-refractivity contribution >= 4 is 54.3 Å². The Morgan fingerprint density at radius 2 is 0.727 bits per heavy atom. The molecule has 0 radical (unpaired) electrons. The first kappa shape index (κ1) is 31.1. The molecule has 0 atom stereocenters. The van der Waals surface area contributed by atoms with Crippen LogP contribution in [0.3, 0.4) is 0 Å². The molecule has 0 unspecified atom stereocenters. The largest absolute Gasteiger partial charge is 0.455 e. The zero-order chi connectivity index (χ0) is 36.3. The smallest absolute Gasteiger partial charge is 0.167 e. The van der Waals surface area contributed by atoms with Crippen molar-refractivity contribution in [2.45, 2.75) is 0 Å². The van der Waals surface area contributed by atoms with Crippen molar-refractivity contribution in [2.75, 3.05) is 0 Å². The molecule has 2 heterocycles. The Balaban J connectivity index is 1.12. The summed E-state index contributed by atoms with van der Waals surface area (Å²) in [7, 11) is 0. The third kappa shape index (κ3) is 5.19. The van der Waals surface area contributed by atoms with Crippen molar-refractivity contribution in [3.05, 3.63) is 188 Å². The highest BCUT2D eigenvalue weighted by atomic mass is 16.3. The van der Waals surface area contributed by atoms with Gasteiger partial charge in [-0.25, -0.2) is 15.0 Å². The van der Waals surface area contributed by atoms with Crippen LogP contribution in [-0.4, -0.2) is 15.0 Å². The minimum Gasteiger partial charge on any atom is -0.455 e. The minimum absolute atomic E-state index is 0.560. The molecule has 0 spiro atoms. The molecular weight excluding hydrogens is 671 g/mol. The first-order valence-electron chi connectivity index (χ1n) is 18.5. The van der Waals surface area contributed by atoms with Gasteiger partial charge in [0.1, 0.15) is 11.2 Å². The summed E-state index contributed by atoms with van der Waals surface area (Å²) in [5.74, 6) is 1.76. The lowest BCUT2D eigenvalue weighted by Crippen LogP contribution is -2.01. The Bertz CT molecular complexity index is 3260. The highest BCUT2D eigenvalue weighted by Gasteiger charge is 2.20. The Labute approximate surface area is 317 Å². The number of benzene rings is 9. The fraction of sp³-hybridized carbons (Fsp3) is 0. The van der Waals surface area contributed by atoms with Crippen LogP contribution in [0.2, 0.25) is 0 Å². The third-order valence-electron chi connectivity index (χ3n) is 10.8. The standard InChI is InChI=1S/C51H31N3O/c1-3-16-36-32(12-1)14-9-21-37(36)34-26-28-35(29-27-34)49-52-50(54-51(53-49)46-24-11-23-44-43-20-7-8-25-47(43)55-48(44)46)45-31-30-42(40-18-5-6-19-41(40)45)39-22-10-15-33-13-2-4-17-38(33)39/h1-31H. The molecule has 0 amide bonds. The average Bonchev–Trinajstić information content (AvgIpc) is 3.65. The molecule has 256 valence electrons. The predicted octanol–water partition coefficient (Wildman–Crippen LogP) is 13.6. The Morgan fingerprint density at radius 3 is 1.47 bits per heavy atom. The summed E-state index contributed by atoms with van der Waals surface area (Å²) in [6, 6.07) is 65.8. The van der Waals surface area contributed by atoms with Crippen LogP contribution < -0.4 is 0 Å². The number of aromatic nitrogens is 3. The van der Waals surface area contributed by atoms with Gasteiger partial charge in [-0.1, -0.05) is 170 Å². The summed E-state index contributed by atoms with van der Waals surface area (Å²) in [5, 5.41) is 9.18. The van der Waals surface area contributed by atoms with Crippen LogP contribution in [0.15, 0.2) is 192 Å². The predicted molar refractivity (Wildman–Crippen MR) is 227 cm³/mol. The van der Waals surface area contributed by atoms with E-state index in [1.165, 1.54) is 38.2 Å². The molecule has 0 N–H and O–H groups in total. The lowest BCUT2D eigenvalue weighted by atomic mass is 9.92. The first-order chi connectivity index (χ1) is 27.3. The second kappa shape index (κ2) is 12.6. The number of para-hydroxylation sites is 2. The second-order valence-corrected chi connectivity index (χ2v) is 13.9. The molecule has 4 heteroatoms. The van der Waals surface area contributed by atoms with E-state index in [2.05, 4.69) is 164 Å². The van der Waals surface area contributed by atoms with Gasteiger partial charge in [-0.05, 0) is 72.8 Å². The van der Waals surface area contributed by atoms with Gasteiger partial charge in [0.15, 0.2) is 17.5 Å². The van der Waals surface area contributed by atoms with Crippen LogP contribution >= 0.6 is 0 Å². The molecular formula is C51H31N3O. The van der Waals surface area contributed by atoms with Gasteiger partial charge in [-0.3, -0.25) is 0 Å². The number of hydrogen-bond acceptors (Lipinski definition) is 4. The average molecular weight is 702 g/mol. The van der Waals surface area contributed by atoms with Gasteiger partial charge in [0.2, 0.25) is 0 Å². The summed E-state index contributed by atoms with van der Waals surface area (Å²) >= 11 is 0. The Kier molecular flexibility index (Phi) is 7.14. The topological polar surface area (TPSA) is 51.8 Å². The number of hydrogen-bond donors (Lipinski definition) is 0. The molecule has 9 aromatic carbocycles. The fourth-order valence-electron chi connectivity index (χ4n) is 8.13. The van der Waals surface area contributed by atoms with Gasteiger partial charge in [0.25, 0.3) is 0 Å². The fourth-order valence-corrected chi connectivity index (χ4v) is 8.13. The van der Waals surface area contributed by atoms with E-state index in [9.17, 15) is 0 Å². The zero-order valence-electron chi connectivity index (χ0n) is 29.6. The van der Waals surface area contributed by atoms with Crippen molar-refractivity contribution in [3.63, 3.8) is 0 Å². The summed E-state index contributed by atoms with van der Waals surface area (Å²) in [6.45, 7) is 0. The lowest BCUT2D eigenvalue weighted by Gasteiger charge is -2.14. The van der Waals surface area contributed by atoms with Gasteiger partial charge in [0, 0.05) is 21.9 Å². The molecule has 0 fully saturated rings. The highest BCUT2D eigenvalue weighted by Crippen LogP contribution is 2.40.